The molecule has 130 valence electrons. The number of nitrogens with two attached hydrogens (primary N) is 1. The zero-order chi connectivity index (χ0) is 16.5. The highest BCUT2D eigenvalue weighted by Crippen LogP contribution is 2.22. The van der Waals surface area contributed by atoms with Crippen LogP contribution in [0.4, 0.5) is 17.3 Å². The highest BCUT2D eigenvalue weighted by Gasteiger charge is 2.11. The summed E-state index contributed by atoms with van der Waals surface area (Å²) in [6.45, 7) is 8.18. The summed E-state index contributed by atoms with van der Waals surface area (Å²) in [6.07, 6.45) is 2.55. The Kier molecular flexibility index (Phi) is 7.31. The first-order valence-corrected chi connectivity index (χ1v) is 8.10. The van der Waals surface area contributed by atoms with Crippen LogP contribution in [0, 0.1) is 0 Å². The molecule has 1 aromatic heterocycles. The van der Waals surface area contributed by atoms with Crippen LogP contribution in [-0.4, -0.2) is 74.0 Å². The van der Waals surface area contributed by atoms with E-state index in [2.05, 4.69) is 25.5 Å². The summed E-state index contributed by atoms with van der Waals surface area (Å²) < 4.78 is 10.5. The van der Waals surface area contributed by atoms with Gasteiger partial charge in [-0.1, -0.05) is 0 Å². The first-order valence-electron chi connectivity index (χ1n) is 8.10. The van der Waals surface area contributed by atoms with Crippen LogP contribution in [0.2, 0.25) is 0 Å². The number of methoxy groups -OCH3 is 1. The third-order valence-electron chi connectivity index (χ3n) is 3.73. The van der Waals surface area contributed by atoms with Crippen molar-refractivity contribution in [1.29, 1.82) is 0 Å². The average molecular weight is 324 g/mol. The van der Waals surface area contributed by atoms with Gasteiger partial charge < -0.3 is 25.8 Å². The number of ether oxygens (including phenoxy) is 2. The fourth-order valence-electron chi connectivity index (χ4n) is 2.51. The van der Waals surface area contributed by atoms with Gasteiger partial charge in [0.05, 0.1) is 19.8 Å². The molecule has 23 heavy (non-hydrogen) atoms. The SMILES string of the molecule is COCC(C)Nc1ncnc(NCCCN2CCOCC2)c1N. The summed E-state index contributed by atoms with van der Waals surface area (Å²) in [5, 5.41) is 6.52. The molecule has 1 aliphatic heterocycles. The number of morpholine rings is 1. The van der Waals surface area contributed by atoms with E-state index >= 15 is 0 Å². The van der Waals surface area contributed by atoms with Gasteiger partial charge in [-0.25, -0.2) is 9.97 Å². The number of nitrogen functional groups attached to an aromatic ring is 1. The van der Waals surface area contributed by atoms with E-state index in [4.69, 9.17) is 15.2 Å². The van der Waals surface area contributed by atoms with Crippen LogP contribution in [0.3, 0.4) is 0 Å². The van der Waals surface area contributed by atoms with E-state index in [1.54, 1.807) is 7.11 Å². The topological polar surface area (TPSA) is 97.6 Å². The second-order valence-corrected chi connectivity index (χ2v) is 5.72. The highest BCUT2D eigenvalue weighted by atomic mass is 16.5. The maximum absolute atomic E-state index is 6.14. The second-order valence-electron chi connectivity index (χ2n) is 5.72. The number of hydrogen-bond acceptors (Lipinski definition) is 8. The number of nitrogens with zero attached hydrogens (tertiary/aromatic N) is 3. The maximum Gasteiger partial charge on any atom is 0.155 e. The van der Waals surface area contributed by atoms with Gasteiger partial charge in [-0.05, 0) is 19.9 Å². The monoisotopic (exact) mass is 324 g/mol. The average Bonchev–Trinajstić information content (AvgIpc) is 2.56. The molecule has 4 N–H and O–H groups in total. The summed E-state index contributed by atoms with van der Waals surface area (Å²) in [5.74, 6) is 1.31. The molecule has 1 atom stereocenters. The summed E-state index contributed by atoms with van der Waals surface area (Å²) in [6, 6.07) is 0.131. The van der Waals surface area contributed by atoms with Crippen LogP contribution in [0.15, 0.2) is 6.33 Å². The molecular weight excluding hydrogens is 296 g/mol. The van der Waals surface area contributed by atoms with Crippen molar-refractivity contribution in [3.8, 4) is 0 Å². The van der Waals surface area contributed by atoms with Gasteiger partial charge in [0.15, 0.2) is 11.6 Å². The van der Waals surface area contributed by atoms with Crippen LogP contribution in [0.25, 0.3) is 0 Å². The Balaban J connectivity index is 1.78. The lowest BCUT2D eigenvalue weighted by atomic mass is 10.3. The molecule has 1 unspecified atom stereocenters. The van der Waals surface area contributed by atoms with E-state index in [1.807, 2.05) is 6.92 Å². The van der Waals surface area contributed by atoms with Crippen molar-refractivity contribution in [3.05, 3.63) is 6.33 Å². The maximum atomic E-state index is 6.14. The van der Waals surface area contributed by atoms with Crippen molar-refractivity contribution >= 4 is 17.3 Å². The zero-order valence-corrected chi connectivity index (χ0v) is 14.0. The van der Waals surface area contributed by atoms with Gasteiger partial charge in [-0.15, -0.1) is 0 Å². The van der Waals surface area contributed by atoms with Crippen molar-refractivity contribution < 1.29 is 9.47 Å². The molecule has 1 aromatic rings. The molecule has 0 radical (unpaired) electrons. The molecular formula is C15H28N6O2. The normalized spacial score (nSPS) is 17.0. The lowest BCUT2D eigenvalue weighted by Gasteiger charge is -2.26. The first kappa shape index (κ1) is 17.7. The number of aromatic nitrogens is 2. The summed E-state index contributed by atoms with van der Waals surface area (Å²) in [7, 11) is 1.67. The quantitative estimate of drug-likeness (QED) is 0.569. The van der Waals surface area contributed by atoms with Gasteiger partial charge in [-0.3, -0.25) is 4.90 Å². The molecule has 1 aliphatic rings. The molecule has 0 amide bonds. The molecule has 0 saturated carbocycles. The van der Waals surface area contributed by atoms with Gasteiger partial charge >= 0.3 is 0 Å². The van der Waals surface area contributed by atoms with E-state index in [1.165, 1.54) is 6.33 Å². The second kappa shape index (κ2) is 9.49. The minimum atomic E-state index is 0.131. The van der Waals surface area contributed by atoms with Gasteiger partial charge in [0.2, 0.25) is 0 Å². The lowest BCUT2D eigenvalue weighted by Crippen LogP contribution is -2.37. The molecule has 0 aliphatic carbocycles. The smallest absolute Gasteiger partial charge is 0.155 e. The van der Waals surface area contributed by atoms with Crippen LogP contribution in [0.1, 0.15) is 13.3 Å². The molecule has 0 bridgehead atoms. The van der Waals surface area contributed by atoms with E-state index in [0.717, 1.165) is 45.8 Å². The van der Waals surface area contributed by atoms with E-state index in [-0.39, 0.29) is 6.04 Å². The van der Waals surface area contributed by atoms with Gasteiger partial charge in [0.1, 0.15) is 12.0 Å². The Hall–Kier alpha value is -1.64. The van der Waals surface area contributed by atoms with Crippen molar-refractivity contribution in [3.63, 3.8) is 0 Å². The fourth-order valence-corrected chi connectivity index (χ4v) is 2.51. The lowest BCUT2D eigenvalue weighted by molar-refractivity contribution is 0.0378. The van der Waals surface area contributed by atoms with Crippen molar-refractivity contribution in [2.24, 2.45) is 0 Å². The Labute approximate surface area is 137 Å². The van der Waals surface area contributed by atoms with Crippen LogP contribution in [-0.2, 0) is 9.47 Å². The zero-order valence-electron chi connectivity index (χ0n) is 14.0. The molecule has 1 saturated heterocycles. The van der Waals surface area contributed by atoms with E-state index < -0.39 is 0 Å². The third kappa shape index (κ3) is 5.81. The number of nitrogens with one attached hydrogen (secondary N) is 2. The Morgan fingerprint density at radius 2 is 2.09 bits per heavy atom. The molecule has 8 nitrogen and oxygen atoms in total. The predicted molar refractivity (Wildman–Crippen MR) is 91.8 cm³/mol. The van der Waals surface area contributed by atoms with Crippen molar-refractivity contribution in [1.82, 2.24) is 14.9 Å². The Morgan fingerprint density at radius 1 is 1.35 bits per heavy atom. The molecule has 0 aromatic carbocycles. The fraction of sp³-hybridized carbons (Fsp3) is 0.733. The molecule has 0 spiro atoms. The number of anilines is 3. The van der Waals surface area contributed by atoms with Crippen LogP contribution >= 0.6 is 0 Å². The minimum absolute atomic E-state index is 0.131. The highest BCUT2D eigenvalue weighted by molar-refractivity contribution is 5.74. The van der Waals surface area contributed by atoms with Crippen molar-refractivity contribution in [2.75, 3.05) is 69.5 Å². The summed E-state index contributed by atoms with van der Waals surface area (Å²) in [4.78, 5) is 10.8. The molecule has 8 heteroatoms. The minimum Gasteiger partial charge on any atom is -0.393 e. The Bertz CT molecular complexity index is 467. The van der Waals surface area contributed by atoms with Crippen LogP contribution < -0.4 is 16.4 Å². The van der Waals surface area contributed by atoms with E-state index in [0.29, 0.717) is 23.9 Å². The third-order valence-corrected chi connectivity index (χ3v) is 3.73. The largest absolute Gasteiger partial charge is 0.393 e. The first-order chi connectivity index (χ1) is 11.2. The molecule has 2 heterocycles. The molecule has 2 rings (SSSR count). The predicted octanol–water partition coefficient (Wildman–Crippen LogP) is 0.640. The van der Waals surface area contributed by atoms with Gasteiger partial charge in [0, 0.05) is 32.8 Å². The summed E-state index contributed by atoms with van der Waals surface area (Å²) >= 11 is 0. The van der Waals surface area contributed by atoms with E-state index in [9.17, 15) is 0 Å². The molecule has 1 fully saturated rings. The van der Waals surface area contributed by atoms with Crippen molar-refractivity contribution in [2.45, 2.75) is 19.4 Å². The number of rotatable bonds is 9. The summed E-state index contributed by atoms with van der Waals surface area (Å²) in [5.41, 5.74) is 6.68. The van der Waals surface area contributed by atoms with Crippen LogP contribution in [0.5, 0.6) is 0 Å². The standard InChI is InChI=1S/C15H28N6O2/c1-12(10-22-2)20-15-13(16)14(18-11-19-15)17-4-3-5-21-6-8-23-9-7-21/h11-12H,3-10,16H2,1-2H3,(H2,17,18,19,20). The van der Waals surface area contributed by atoms with Gasteiger partial charge in [0.25, 0.3) is 0 Å². The Morgan fingerprint density at radius 3 is 2.83 bits per heavy atom. The number of hydrogen-bond donors (Lipinski definition) is 3. The van der Waals surface area contributed by atoms with Gasteiger partial charge in [-0.2, -0.15) is 0 Å².